The maximum atomic E-state index is 12.2. The van der Waals surface area contributed by atoms with Crippen molar-refractivity contribution >= 4 is 5.91 Å². The predicted molar refractivity (Wildman–Crippen MR) is 79.6 cm³/mol. The second-order valence-electron chi connectivity index (χ2n) is 5.59. The zero-order valence-corrected chi connectivity index (χ0v) is 12.5. The van der Waals surface area contributed by atoms with E-state index in [1.165, 1.54) is 5.56 Å². The zero-order chi connectivity index (χ0) is 14.7. The topological polar surface area (TPSA) is 64.3 Å². The molecule has 1 aliphatic carbocycles. The van der Waals surface area contributed by atoms with Crippen molar-refractivity contribution in [3.05, 3.63) is 34.9 Å². The number of hydrogen-bond acceptors (Lipinski definition) is 3. The van der Waals surface area contributed by atoms with Gasteiger partial charge in [0.25, 0.3) is 0 Å². The van der Waals surface area contributed by atoms with Crippen LogP contribution in [0.2, 0.25) is 0 Å². The number of amides is 1. The number of nitrogens with two attached hydrogens (primary N) is 1. The molecule has 3 atom stereocenters. The first-order valence-electron chi connectivity index (χ1n) is 7.24. The van der Waals surface area contributed by atoms with Gasteiger partial charge >= 0.3 is 0 Å². The Morgan fingerprint density at radius 3 is 2.85 bits per heavy atom. The molecule has 1 aromatic carbocycles. The van der Waals surface area contributed by atoms with Gasteiger partial charge < -0.3 is 15.8 Å². The number of carbonyl (C=O) groups excluding carboxylic acids is 1. The molecule has 0 radical (unpaired) electrons. The van der Waals surface area contributed by atoms with Gasteiger partial charge in [-0.2, -0.15) is 0 Å². The van der Waals surface area contributed by atoms with E-state index < -0.39 is 0 Å². The van der Waals surface area contributed by atoms with E-state index in [-0.39, 0.29) is 24.1 Å². The zero-order valence-electron chi connectivity index (χ0n) is 12.5. The first-order chi connectivity index (χ1) is 9.51. The third-order valence-corrected chi connectivity index (χ3v) is 3.93. The summed E-state index contributed by atoms with van der Waals surface area (Å²) in [6, 6.07) is 6.14. The quantitative estimate of drug-likeness (QED) is 0.856. The summed E-state index contributed by atoms with van der Waals surface area (Å²) in [6.07, 6.45) is 1.29. The van der Waals surface area contributed by atoms with Crippen LogP contribution in [0.15, 0.2) is 18.2 Å². The van der Waals surface area contributed by atoms with Crippen LogP contribution in [0.1, 0.15) is 30.0 Å². The smallest absolute Gasteiger partial charge is 0.224 e. The molecule has 20 heavy (non-hydrogen) atoms. The SMILES string of the molecule is CCOC1CC(N)C1NC(=O)Cc1cc(C)ccc1C. The van der Waals surface area contributed by atoms with Crippen molar-refractivity contribution in [2.75, 3.05) is 6.61 Å². The average Bonchev–Trinajstić information content (AvgIpc) is 2.40. The monoisotopic (exact) mass is 276 g/mol. The molecule has 2 rings (SSSR count). The molecule has 110 valence electrons. The van der Waals surface area contributed by atoms with Gasteiger partial charge in [-0.3, -0.25) is 4.79 Å². The summed E-state index contributed by atoms with van der Waals surface area (Å²) in [6.45, 7) is 6.67. The van der Waals surface area contributed by atoms with Crippen LogP contribution in [0.25, 0.3) is 0 Å². The molecule has 4 heteroatoms. The molecular formula is C16H24N2O2. The predicted octanol–water partition coefficient (Wildman–Crippen LogP) is 1.47. The Hall–Kier alpha value is -1.39. The van der Waals surface area contributed by atoms with E-state index in [1.54, 1.807) is 0 Å². The average molecular weight is 276 g/mol. The number of carbonyl (C=O) groups is 1. The Kier molecular flexibility index (Phi) is 4.78. The van der Waals surface area contributed by atoms with Crippen LogP contribution in [0.3, 0.4) is 0 Å². The van der Waals surface area contributed by atoms with Crippen LogP contribution < -0.4 is 11.1 Å². The van der Waals surface area contributed by atoms with Gasteiger partial charge in [-0.05, 0) is 38.3 Å². The Morgan fingerprint density at radius 1 is 1.45 bits per heavy atom. The maximum Gasteiger partial charge on any atom is 0.224 e. The molecule has 1 fully saturated rings. The lowest BCUT2D eigenvalue weighted by Gasteiger charge is -2.42. The van der Waals surface area contributed by atoms with Gasteiger partial charge in [0.15, 0.2) is 0 Å². The van der Waals surface area contributed by atoms with Crippen LogP contribution in [0.4, 0.5) is 0 Å². The summed E-state index contributed by atoms with van der Waals surface area (Å²) in [4.78, 5) is 12.2. The van der Waals surface area contributed by atoms with Crippen molar-refractivity contribution in [1.29, 1.82) is 0 Å². The van der Waals surface area contributed by atoms with Gasteiger partial charge in [0.05, 0.1) is 18.6 Å². The molecule has 0 spiro atoms. The molecule has 1 aromatic rings. The maximum absolute atomic E-state index is 12.2. The largest absolute Gasteiger partial charge is 0.376 e. The number of nitrogens with one attached hydrogen (secondary N) is 1. The highest BCUT2D eigenvalue weighted by Crippen LogP contribution is 2.22. The van der Waals surface area contributed by atoms with Crippen molar-refractivity contribution in [2.24, 2.45) is 5.73 Å². The summed E-state index contributed by atoms with van der Waals surface area (Å²) in [7, 11) is 0. The van der Waals surface area contributed by atoms with Crippen LogP contribution in [0, 0.1) is 13.8 Å². The van der Waals surface area contributed by atoms with Crippen molar-refractivity contribution in [2.45, 2.75) is 51.8 Å². The van der Waals surface area contributed by atoms with Gasteiger partial charge in [0.2, 0.25) is 5.91 Å². The van der Waals surface area contributed by atoms with Crippen molar-refractivity contribution in [3.8, 4) is 0 Å². The Morgan fingerprint density at radius 2 is 2.20 bits per heavy atom. The van der Waals surface area contributed by atoms with Crippen LogP contribution in [0.5, 0.6) is 0 Å². The van der Waals surface area contributed by atoms with E-state index in [0.717, 1.165) is 17.5 Å². The van der Waals surface area contributed by atoms with E-state index in [1.807, 2.05) is 20.8 Å². The van der Waals surface area contributed by atoms with E-state index in [0.29, 0.717) is 13.0 Å². The summed E-state index contributed by atoms with van der Waals surface area (Å²) in [5.41, 5.74) is 9.33. The summed E-state index contributed by atoms with van der Waals surface area (Å²) < 4.78 is 5.56. The van der Waals surface area contributed by atoms with Gasteiger partial charge in [-0.15, -0.1) is 0 Å². The number of hydrogen-bond donors (Lipinski definition) is 2. The number of aryl methyl sites for hydroxylation is 2. The minimum absolute atomic E-state index is 0.00843. The highest BCUT2D eigenvalue weighted by Gasteiger charge is 2.40. The van der Waals surface area contributed by atoms with E-state index in [9.17, 15) is 4.79 Å². The summed E-state index contributed by atoms with van der Waals surface area (Å²) in [5, 5.41) is 3.01. The highest BCUT2D eigenvalue weighted by molar-refractivity contribution is 5.79. The van der Waals surface area contributed by atoms with Gasteiger partial charge in [0.1, 0.15) is 0 Å². The molecular weight excluding hydrogens is 252 g/mol. The van der Waals surface area contributed by atoms with Gasteiger partial charge in [-0.25, -0.2) is 0 Å². The molecule has 0 aromatic heterocycles. The molecule has 1 amide bonds. The number of ether oxygens (including phenoxy) is 1. The molecule has 0 heterocycles. The van der Waals surface area contributed by atoms with Crippen LogP contribution in [-0.2, 0) is 16.0 Å². The minimum Gasteiger partial charge on any atom is -0.376 e. The molecule has 0 aliphatic heterocycles. The molecule has 0 bridgehead atoms. The van der Waals surface area contributed by atoms with Crippen LogP contribution in [-0.4, -0.2) is 30.7 Å². The fourth-order valence-electron chi connectivity index (χ4n) is 2.63. The van der Waals surface area contributed by atoms with Crippen molar-refractivity contribution in [3.63, 3.8) is 0 Å². The van der Waals surface area contributed by atoms with E-state index in [2.05, 4.69) is 23.5 Å². The first kappa shape index (κ1) is 15.0. The highest BCUT2D eigenvalue weighted by atomic mass is 16.5. The Labute approximate surface area is 120 Å². The molecule has 0 saturated heterocycles. The second-order valence-corrected chi connectivity index (χ2v) is 5.59. The normalized spacial score (nSPS) is 25.1. The molecule has 4 nitrogen and oxygen atoms in total. The standard InChI is InChI=1S/C16H24N2O2/c1-4-20-14-9-13(17)16(14)18-15(19)8-12-7-10(2)5-6-11(12)3/h5-7,13-14,16H,4,8-9,17H2,1-3H3,(H,18,19). The first-order valence-corrected chi connectivity index (χ1v) is 7.24. The Balaban J connectivity index is 1.93. The third-order valence-electron chi connectivity index (χ3n) is 3.93. The fraction of sp³-hybridized carbons (Fsp3) is 0.562. The lowest BCUT2D eigenvalue weighted by atomic mass is 9.83. The second kappa shape index (κ2) is 6.37. The van der Waals surface area contributed by atoms with Crippen molar-refractivity contribution < 1.29 is 9.53 Å². The number of benzene rings is 1. The molecule has 1 saturated carbocycles. The van der Waals surface area contributed by atoms with Gasteiger partial charge in [0, 0.05) is 12.6 Å². The third kappa shape index (κ3) is 3.38. The van der Waals surface area contributed by atoms with Gasteiger partial charge in [-0.1, -0.05) is 23.8 Å². The summed E-state index contributed by atoms with van der Waals surface area (Å²) >= 11 is 0. The van der Waals surface area contributed by atoms with Crippen molar-refractivity contribution in [1.82, 2.24) is 5.32 Å². The van der Waals surface area contributed by atoms with E-state index in [4.69, 9.17) is 10.5 Å². The van der Waals surface area contributed by atoms with Crippen LogP contribution >= 0.6 is 0 Å². The lowest BCUT2D eigenvalue weighted by molar-refractivity contribution is -0.125. The number of rotatable bonds is 5. The molecule has 1 aliphatic rings. The molecule has 3 N–H and O–H groups in total. The lowest BCUT2D eigenvalue weighted by Crippen LogP contribution is -2.65. The minimum atomic E-state index is -0.0486. The molecule has 3 unspecified atom stereocenters. The fourth-order valence-corrected chi connectivity index (χ4v) is 2.63. The van der Waals surface area contributed by atoms with E-state index >= 15 is 0 Å². The summed E-state index contributed by atoms with van der Waals surface area (Å²) in [5.74, 6) is 0.0172. The Bertz CT molecular complexity index is 485.